The summed E-state index contributed by atoms with van der Waals surface area (Å²) < 4.78 is 12.8. The summed E-state index contributed by atoms with van der Waals surface area (Å²) >= 11 is 0. The van der Waals surface area contributed by atoms with E-state index >= 15 is 0 Å². The molecule has 0 amide bonds. The number of nitrogens with zero attached hydrogens (tertiary/aromatic N) is 3. The number of aryl methyl sites for hydroxylation is 4. The molecule has 0 spiro atoms. The smallest absolute Gasteiger partial charge is 0.227 e. The molecule has 0 bridgehead atoms. The van der Waals surface area contributed by atoms with Gasteiger partial charge in [-0.3, -0.25) is 4.98 Å². The first-order chi connectivity index (χ1) is 30.8. The summed E-state index contributed by atoms with van der Waals surface area (Å²) in [5.41, 5.74) is 20.0. The third kappa shape index (κ3) is 8.23. The van der Waals surface area contributed by atoms with Gasteiger partial charge in [0.05, 0.1) is 17.1 Å². The molecule has 0 radical (unpaired) electrons. The quantitative estimate of drug-likeness (QED) is 0.108. The van der Waals surface area contributed by atoms with Crippen molar-refractivity contribution in [2.24, 2.45) is 0 Å². The highest BCUT2D eigenvalue weighted by atomic mass is 16.5. The second kappa shape index (κ2) is 17.9. The van der Waals surface area contributed by atoms with Gasteiger partial charge < -0.3 is 9.15 Å². The van der Waals surface area contributed by atoms with E-state index in [9.17, 15) is 0 Å². The molecule has 6 aromatic carbocycles. The second-order valence-corrected chi connectivity index (χ2v) is 16.0. The van der Waals surface area contributed by atoms with E-state index in [1.807, 2.05) is 24.4 Å². The number of benzene rings is 6. The Kier molecular flexibility index (Phi) is 11.7. The number of ether oxygens (including phenoxy) is 1. The molecule has 0 aliphatic carbocycles. The van der Waals surface area contributed by atoms with Gasteiger partial charge in [-0.2, -0.15) is 0 Å². The van der Waals surface area contributed by atoms with Crippen LogP contribution in [0.2, 0.25) is 0 Å². The highest BCUT2D eigenvalue weighted by molar-refractivity contribution is 5.86. The van der Waals surface area contributed by atoms with E-state index < -0.39 is 0 Å². The Hall–Kier alpha value is -7.37. The van der Waals surface area contributed by atoms with E-state index in [1.54, 1.807) is 0 Å². The molecule has 0 atom stereocenters. The van der Waals surface area contributed by atoms with Crippen LogP contribution in [0.4, 0.5) is 0 Å². The minimum atomic E-state index is 0.646. The number of hydrogen-bond acceptors (Lipinski definition) is 5. The fraction of sp³-hybridized carbons (Fsp3) is 0.155. The summed E-state index contributed by atoms with van der Waals surface area (Å²) in [5.74, 6) is 2.23. The van der Waals surface area contributed by atoms with Crippen molar-refractivity contribution in [3.8, 4) is 73.2 Å². The van der Waals surface area contributed by atoms with Crippen LogP contribution in [-0.4, -0.2) is 15.0 Å². The molecule has 5 nitrogen and oxygen atoms in total. The Morgan fingerprint density at radius 1 is 0.508 bits per heavy atom. The molecule has 3 aromatic heterocycles. The van der Waals surface area contributed by atoms with E-state index in [0.717, 1.165) is 110 Å². The number of fused-ring (bicyclic) bond motifs is 1. The Balaban J connectivity index is 0.970. The summed E-state index contributed by atoms with van der Waals surface area (Å²) in [6, 6.07) is 53.2. The SMILES string of the molecule is C=C(Oc1c(CC)ccc(CC)c1C)c1ccc(-c2ccc(-c3nc(-c4ccccn4)ccc3-c3ccc(-c4ccc(-c5nc6c(CC)ccc(CC)c6o5)cc4)cc3)cc2)cc1. The number of hydrogen-bond donors (Lipinski definition) is 0. The van der Waals surface area contributed by atoms with Crippen molar-refractivity contribution in [3.05, 3.63) is 198 Å². The lowest BCUT2D eigenvalue weighted by molar-refractivity contribution is 0.505. The van der Waals surface area contributed by atoms with Crippen LogP contribution in [0.15, 0.2) is 169 Å². The predicted molar refractivity (Wildman–Crippen MR) is 261 cm³/mol. The monoisotopic (exact) mass is 821 g/mol. The second-order valence-electron chi connectivity index (χ2n) is 16.0. The fourth-order valence-corrected chi connectivity index (χ4v) is 8.46. The lowest BCUT2D eigenvalue weighted by Gasteiger charge is -2.17. The molecule has 9 aromatic rings. The van der Waals surface area contributed by atoms with Gasteiger partial charge in [0, 0.05) is 28.5 Å². The summed E-state index contributed by atoms with van der Waals surface area (Å²) in [4.78, 5) is 14.8. The Morgan fingerprint density at radius 3 is 1.65 bits per heavy atom. The predicted octanol–water partition coefficient (Wildman–Crippen LogP) is 15.2. The van der Waals surface area contributed by atoms with Crippen molar-refractivity contribution in [1.82, 2.24) is 15.0 Å². The zero-order valence-corrected chi connectivity index (χ0v) is 36.7. The van der Waals surface area contributed by atoms with Crippen molar-refractivity contribution in [2.75, 3.05) is 0 Å². The van der Waals surface area contributed by atoms with Crippen LogP contribution in [0.3, 0.4) is 0 Å². The first kappa shape index (κ1) is 41.0. The first-order valence-electron chi connectivity index (χ1n) is 22.1. The standard InChI is InChI=1S/C58H51N3O2/c1-7-39-14-16-41(9-3)56(37(39)5)62-38(6)43-18-20-44(21-19-43)46-24-30-49(31-25-46)54-51(34-35-53(60-54)52-13-11-12-36-59-52)48-28-22-45(23-29-48)47-26-32-50(33-27-47)58-61-55-40(8-2)15-17-42(10-4)57(55)63-58/h11-36H,6-10H2,1-5H3. The first-order valence-corrected chi connectivity index (χ1v) is 22.1. The lowest BCUT2D eigenvalue weighted by Crippen LogP contribution is -2.01. The minimum Gasteiger partial charge on any atom is -0.457 e. The van der Waals surface area contributed by atoms with E-state index in [1.165, 1.54) is 27.8 Å². The van der Waals surface area contributed by atoms with Gasteiger partial charge in [0.25, 0.3) is 0 Å². The van der Waals surface area contributed by atoms with E-state index in [2.05, 4.69) is 180 Å². The summed E-state index contributed by atoms with van der Waals surface area (Å²) in [6.07, 6.45) is 5.49. The van der Waals surface area contributed by atoms with Gasteiger partial charge in [-0.1, -0.05) is 150 Å². The van der Waals surface area contributed by atoms with E-state index in [0.29, 0.717) is 11.6 Å². The van der Waals surface area contributed by atoms with Crippen LogP contribution < -0.4 is 4.74 Å². The molecule has 0 aliphatic heterocycles. The van der Waals surface area contributed by atoms with Gasteiger partial charge in [0.15, 0.2) is 5.58 Å². The van der Waals surface area contributed by atoms with Crippen LogP contribution in [-0.2, 0) is 25.7 Å². The minimum absolute atomic E-state index is 0.646. The maximum atomic E-state index is 6.45. The zero-order valence-electron chi connectivity index (χ0n) is 36.7. The molecule has 0 aliphatic rings. The molecular weight excluding hydrogens is 771 g/mol. The van der Waals surface area contributed by atoms with E-state index in [-0.39, 0.29) is 0 Å². The Labute approximate surface area is 370 Å². The molecule has 310 valence electrons. The molecule has 3 heterocycles. The molecule has 9 rings (SSSR count). The van der Waals surface area contributed by atoms with E-state index in [4.69, 9.17) is 19.1 Å². The maximum absolute atomic E-state index is 6.45. The number of aromatic nitrogens is 3. The van der Waals surface area contributed by atoms with Gasteiger partial charge in [-0.25, -0.2) is 9.97 Å². The summed E-state index contributed by atoms with van der Waals surface area (Å²) in [5, 5.41) is 0. The highest BCUT2D eigenvalue weighted by Crippen LogP contribution is 2.37. The lowest BCUT2D eigenvalue weighted by atomic mass is 9.95. The van der Waals surface area contributed by atoms with Crippen molar-refractivity contribution in [2.45, 2.75) is 60.3 Å². The largest absolute Gasteiger partial charge is 0.457 e. The molecular formula is C58H51N3O2. The van der Waals surface area contributed by atoms with Gasteiger partial charge in [0.2, 0.25) is 5.89 Å². The fourth-order valence-electron chi connectivity index (χ4n) is 8.46. The molecule has 0 fully saturated rings. The Bertz CT molecular complexity index is 3010. The number of pyridine rings is 2. The van der Waals surface area contributed by atoms with Gasteiger partial charge in [-0.15, -0.1) is 0 Å². The summed E-state index contributed by atoms with van der Waals surface area (Å²) in [7, 11) is 0. The van der Waals surface area contributed by atoms with Gasteiger partial charge >= 0.3 is 0 Å². The zero-order chi connectivity index (χ0) is 43.5. The average Bonchev–Trinajstić information content (AvgIpc) is 3.81. The van der Waals surface area contributed by atoms with Crippen LogP contribution in [0.25, 0.3) is 84.3 Å². The van der Waals surface area contributed by atoms with Crippen LogP contribution in [0, 0.1) is 6.92 Å². The van der Waals surface area contributed by atoms with Crippen molar-refractivity contribution in [1.29, 1.82) is 0 Å². The van der Waals surface area contributed by atoms with Gasteiger partial charge in [0.1, 0.15) is 17.0 Å². The normalized spacial score (nSPS) is 11.3. The van der Waals surface area contributed by atoms with Crippen molar-refractivity contribution >= 4 is 16.9 Å². The topological polar surface area (TPSA) is 61.0 Å². The highest BCUT2D eigenvalue weighted by Gasteiger charge is 2.17. The van der Waals surface area contributed by atoms with Crippen LogP contribution in [0.1, 0.15) is 61.1 Å². The van der Waals surface area contributed by atoms with Crippen LogP contribution in [0.5, 0.6) is 5.75 Å². The van der Waals surface area contributed by atoms with Crippen molar-refractivity contribution in [3.63, 3.8) is 0 Å². The molecule has 0 N–H and O–H groups in total. The molecule has 0 saturated heterocycles. The molecule has 5 heteroatoms. The maximum Gasteiger partial charge on any atom is 0.227 e. The van der Waals surface area contributed by atoms with Crippen molar-refractivity contribution < 1.29 is 9.15 Å². The van der Waals surface area contributed by atoms with Gasteiger partial charge in [-0.05, 0) is 125 Å². The molecule has 0 unspecified atom stereocenters. The third-order valence-corrected chi connectivity index (χ3v) is 12.2. The Morgan fingerprint density at radius 2 is 1.05 bits per heavy atom. The number of oxazole rings is 1. The van der Waals surface area contributed by atoms with Crippen LogP contribution >= 0.6 is 0 Å². The molecule has 0 saturated carbocycles. The number of rotatable bonds is 13. The summed E-state index contributed by atoms with van der Waals surface area (Å²) in [6.45, 7) is 15.1. The average molecular weight is 822 g/mol. The third-order valence-electron chi connectivity index (χ3n) is 12.2. The molecule has 63 heavy (non-hydrogen) atoms.